The molecular formula is C28H20ClFN5O3S+. The Balaban J connectivity index is 1.73. The van der Waals surface area contributed by atoms with Crippen LogP contribution in [0.3, 0.4) is 0 Å². The minimum atomic E-state index is -4.23. The van der Waals surface area contributed by atoms with Crippen molar-refractivity contribution in [1.82, 2.24) is 19.2 Å². The number of H-pyrrole nitrogens is 1. The monoisotopic (exact) mass is 560 g/mol. The van der Waals surface area contributed by atoms with Crippen molar-refractivity contribution in [2.45, 2.75) is 18.7 Å². The Bertz CT molecular complexity index is 2090. The van der Waals surface area contributed by atoms with Gasteiger partial charge in [-0.05, 0) is 43.7 Å². The van der Waals surface area contributed by atoms with E-state index in [-0.39, 0.29) is 26.6 Å². The zero-order chi connectivity index (χ0) is 27.5. The Morgan fingerprint density at radius 1 is 1.03 bits per heavy atom. The van der Waals surface area contributed by atoms with Gasteiger partial charge in [-0.1, -0.05) is 41.4 Å². The molecule has 8 nitrogen and oxygen atoms in total. The van der Waals surface area contributed by atoms with Gasteiger partial charge >= 0.3 is 5.56 Å². The molecule has 0 atom stereocenters. The highest BCUT2D eigenvalue weighted by Gasteiger charge is 2.29. The maximum atomic E-state index is 15.4. The summed E-state index contributed by atoms with van der Waals surface area (Å²) in [4.78, 5) is 20.9. The Morgan fingerprint density at radius 2 is 1.74 bits per heavy atom. The lowest BCUT2D eigenvalue weighted by Gasteiger charge is -2.12. The summed E-state index contributed by atoms with van der Waals surface area (Å²) in [7, 11) is -4.23. The Hall–Kier alpha value is -4.41. The number of pyridine rings is 3. The first kappa shape index (κ1) is 24.9. The van der Waals surface area contributed by atoms with Crippen molar-refractivity contribution >= 4 is 43.6 Å². The van der Waals surface area contributed by atoms with E-state index in [0.717, 1.165) is 11.6 Å². The Labute approximate surface area is 227 Å². The normalized spacial score (nSPS) is 11.9. The van der Waals surface area contributed by atoms with E-state index in [1.54, 1.807) is 60.3 Å². The van der Waals surface area contributed by atoms with Gasteiger partial charge in [0.25, 0.3) is 15.7 Å². The maximum absolute atomic E-state index is 15.4. The zero-order valence-corrected chi connectivity index (χ0v) is 22.3. The molecule has 0 amide bonds. The van der Waals surface area contributed by atoms with Gasteiger partial charge in [0, 0.05) is 23.1 Å². The van der Waals surface area contributed by atoms with Crippen LogP contribution in [0.5, 0.6) is 0 Å². The number of aryl methyl sites for hydroxylation is 2. The van der Waals surface area contributed by atoms with Crippen molar-refractivity contribution in [2.24, 2.45) is 0 Å². The third-order valence-electron chi connectivity index (χ3n) is 6.55. The van der Waals surface area contributed by atoms with Crippen LogP contribution in [0, 0.1) is 19.7 Å². The fraction of sp³-hybridized carbons (Fsp3) is 0.0714. The number of halogens is 2. The minimum absolute atomic E-state index is 0.0332. The lowest BCUT2D eigenvalue weighted by Crippen LogP contribution is -2.37. The number of aromatic amines is 1. The van der Waals surface area contributed by atoms with Gasteiger partial charge in [-0.25, -0.2) is 9.37 Å². The molecule has 0 unspecified atom stereocenters. The summed E-state index contributed by atoms with van der Waals surface area (Å²) < 4.78 is 44.7. The van der Waals surface area contributed by atoms with E-state index in [1.807, 2.05) is 6.92 Å². The molecule has 4 heterocycles. The van der Waals surface area contributed by atoms with Gasteiger partial charge in [0.2, 0.25) is 0 Å². The molecule has 0 bridgehead atoms. The van der Waals surface area contributed by atoms with Gasteiger partial charge in [0.1, 0.15) is 22.0 Å². The van der Waals surface area contributed by atoms with Crippen LogP contribution in [-0.4, -0.2) is 27.6 Å². The summed E-state index contributed by atoms with van der Waals surface area (Å²) in [6.45, 7) is 3.62. The molecule has 0 aliphatic carbocycles. The predicted octanol–water partition coefficient (Wildman–Crippen LogP) is 4.86. The molecule has 0 aliphatic heterocycles. The molecule has 39 heavy (non-hydrogen) atoms. The average Bonchev–Trinajstić information content (AvgIpc) is 3.37. The number of nitrogens with one attached hydrogen (secondary N) is 1. The summed E-state index contributed by atoms with van der Waals surface area (Å²) in [5.41, 5.74) is 2.65. The van der Waals surface area contributed by atoms with Gasteiger partial charge < -0.3 is 4.98 Å². The topological polar surface area (TPSA) is 102 Å². The van der Waals surface area contributed by atoms with Crippen molar-refractivity contribution < 1.29 is 17.4 Å². The number of hydrogen-bond acceptors (Lipinski definition) is 5. The highest BCUT2D eigenvalue weighted by molar-refractivity contribution is 7.90. The molecule has 1 N–H and O–H groups in total. The zero-order valence-electron chi connectivity index (χ0n) is 20.7. The third kappa shape index (κ3) is 4.00. The van der Waals surface area contributed by atoms with Gasteiger partial charge in [0.15, 0.2) is 12.4 Å². The van der Waals surface area contributed by atoms with Gasteiger partial charge in [-0.15, -0.1) is 0 Å². The number of fused-ring (bicyclic) bond motifs is 2. The molecule has 0 fully saturated rings. The van der Waals surface area contributed by atoms with Crippen LogP contribution >= 0.6 is 11.6 Å². The molecule has 4 aromatic heterocycles. The van der Waals surface area contributed by atoms with Crippen LogP contribution in [0.15, 0.2) is 88.9 Å². The van der Waals surface area contributed by atoms with E-state index >= 15 is 4.39 Å². The van der Waals surface area contributed by atoms with Crippen molar-refractivity contribution in [3.05, 3.63) is 112 Å². The number of nitrogens with zero attached hydrogens (tertiary/aromatic N) is 4. The molecular weight excluding hydrogens is 541 g/mol. The van der Waals surface area contributed by atoms with E-state index in [1.165, 1.54) is 24.4 Å². The number of rotatable bonds is 4. The molecule has 2 aromatic carbocycles. The minimum Gasteiger partial charge on any atom is -0.315 e. The average molecular weight is 561 g/mol. The molecule has 11 heteroatoms. The second-order valence-corrected chi connectivity index (χ2v) is 11.3. The Kier molecular flexibility index (Phi) is 5.81. The van der Waals surface area contributed by atoms with E-state index in [4.69, 9.17) is 11.6 Å². The third-order valence-corrected chi connectivity index (χ3v) is 8.35. The van der Waals surface area contributed by atoms with Gasteiger partial charge in [-0.2, -0.15) is 22.2 Å². The molecule has 0 saturated carbocycles. The van der Waals surface area contributed by atoms with Crippen LogP contribution in [0.4, 0.5) is 4.39 Å². The Morgan fingerprint density at radius 3 is 2.46 bits per heavy atom. The van der Waals surface area contributed by atoms with Crippen molar-refractivity contribution in [3.63, 3.8) is 0 Å². The summed E-state index contributed by atoms with van der Waals surface area (Å²) in [6.07, 6.45) is 4.68. The van der Waals surface area contributed by atoms with Crippen LogP contribution in [0.25, 0.3) is 38.8 Å². The molecule has 6 aromatic rings. The molecule has 0 aliphatic rings. The molecule has 194 valence electrons. The fourth-order valence-electron chi connectivity index (χ4n) is 4.70. The summed E-state index contributed by atoms with van der Waals surface area (Å²) in [5.74, 6) is -0.785. The van der Waals surface area contributed by atoms with Crippen molar-refractivity contribution in [1.29, 1.82) is 0 Å². The van der Waals surface area contributed by atoms with Crippen LogP contribution in [0.2, 0.25) is 5.15 Å². The lowest BCUT2D eigenvalue weighted by molar-refractivity contribution is -0.596. The smallest absolute Gasteiger partial charge is 0.315 e. The van der Waals surface area contributed by atoms with Crippen molar-refractivity contribution in [2.75, 3.05) is 0 Å². The molecule has 6 rings (SSSR count). The predicted molar refractivity (Wildman–Crippen MR) is 146 cm³/mol. The van der Waals surface area contributed by atoms with E-state index < -0.39 is 21.4 Å². The highest BCUT2D eigenvalue weighted by atomic mass is 35.5. The van der Waals surface area contributed by atoms with Crippen LogP contribution in [-0.2, 0) is 10.0 Å². The van der Waals surface area contributed by atoms with Crippen LogP contribution in [0.1, 0.15) is 11.1 Å². The first-order valence-corrected chi connectivity index (χ1v) is 13.7. The van der Waals surface area contributed by atoms with E-state index in [9.17, 15) is 13.2 Å². The molecule has 0 spiro atoms. The quantitative estimate of drug-likeness (QED) is 0.245. The summed E-state index contributed by atoms with van der Waals surface area (Å²) in [5, 5.41) is 4.49. The lowest BCUT2D eigenvalue weighted by atomic mass is 9.98. The van der Waals surface area contributed by atoms with E-state index in [0.29, 0.717) is 31.8 Å². The summed E-state index contributed by atoms with van der Waals surface area (Å²) in [6, 6.07) is 15.8. The molecule has 0 saturated heterocycles. The fourth-order valence-corrected chi connectivity index (χ4v) is 6.23. The molecule has 0 radical (unpaired) electrons. The first-order valence-electron chi connectivity index (χ1n) is 11.9. The SMILES string of the molecule is Cc1ccc(S(=O)(=O)n2ncc3c(-c4c(-[n+]5ccccc5)c(=O)[nH]c5c(C)cc(Cl)nc45)ccc(F)c32)cc1. The number of aromatic nitrogens is 5. The highest BCUT2D eigenvalue weighted by Crippen LogP contribution is 2.37. The van der Waals surface area contributed by atoms with Gasteiger partial charge in [0.05, 0.1) is 22.2 Å². The maximum Gasteiger partial charge on any atom is 0.321 e. The van der Waals surface area contributed by atoms with Gasteiger partial charge in [-0.3, -0.25) is 4.79 Å². The first-order chi connectivity index (χ1) is 18.7. The summed E-state index contributed by atoms with van der Waals surface area (Å²) >= 11 is 6.34. The van der Waals surface area contributed by atoms with E-state index in [2.05, 4.69) is 15.1 Å². The van der Waals surface area contributed by atoms with Crippen molar-refractivity contribution in [3.8, 4) is 16.8 Å². The second kappa shape index (κ2) is 9.11. The number of hydrogen-bond donors (Lipinski definition) is 1. The standard InChI is InChI=1S/C28H19ClFN5O3S/c1-16-6-8-18(9-7-16)39(37,38)35-26-20(15-31-35)19(10-11-21(26)30)23-25-24(17(2)14-22(29)32-25)33-28(36)27(23)34-12-4-3-5-13-34/h3-15H,1-2H3/p+1. The number of benzene rings is 2. The second-order valence-electron chi connectivity index (χ2n) is 9.11. The van der Waals surface area contributed by atoms with Crippen LogP contribution < -0.4 is 10.1 Å². The largest absolute Gasteiger partial charge is 0.321 e.